The first-order valence-corrected chi connectivity index (χ1v) is 8.87. The van der Waals surface area contributed by atoms with E-state index in [1.807, 2.05) is 12.1 Å². The minimum atomic E-state index is -0.211. The lowest BCUT2D eigenvalue weighted by molar-refractivity contribution is 0.750. The summed E-state index contributed by atoms with van der Waals surface area (Å²) in [4.78, 5) is 29.0. The fraction of sp³-hybridized carbons (Fsp3) is 0.316. The predicted octanol–water partition coefficient (Wildman–Crippen LogP) is 2.67. The third kappa shape index (κ3) is 3.31. The topological polar surface area (TPSA) is 103 Å². The molecule has 0 aromatic carbocycles. The van der Waals surface area contributed by atoms with Crippen LogP contribution in [0.4, 0.5) is 11.8 Å². The smallest absolute Gasteiger partial charge is 0.295 e. The Balaban J connectivity index is 1.89. The van der Waals surface area contributed by atoms with Crippen molar-refractivity contribution in [1.82, 2.24) is 19.5 Å². The molecule has 3 heterocycles. The number of pyridine rings is 2. The van der Waals surface area contributed by atoms with Crippen molar-refractivity contribution >= 4 is 22.5 Å². The Hall–Kier alpha value is -3.47. The fourth-order valence-electron chi connectivity index (χ4n) is 3.48. The molecule has 136 valence electrons. The lowest BCUT2D eigenvalue weighted by Gasteiger charge is -2.16. The van der Waals surface area contributed by atoms with Gasteiger partial charge >= 0.3 is 0 Å². The highest BCUT2D eigenvalue weighted by Gasteiger charge is 2.19. The van der Waals surface area contributed by atoms with Gasteiger partial charge in [0.2, 0.25) is 5.95 Å². The summed E-state index contributed by atoms with van der Waals surface area (Å²) in [6.07, 6.45) is 9.34. The Morgan fingerprint density at radius 3 is 2.74 bits per heavy atom. The van der Waals surface area contributed by atoms with Crippen molar-refractivity contribution in [1.29, 1.82) is 0 Å². The van der Waals surface area contributed by atoms with Crippen LogP contribution in [0.2, 0.25) is 0 Å². The van der Waals surface area contributed by atoms with E-state index in [4.69, 9.17) is 17.3 Å². The van der Waals surface area contributed by atoms with E-state index in [1.165, 1.54) is 17.4 Å². The molecule has 0 saturated heterocycles. The second-order valence-electron chi connectivity index (χ2n) is 6.67. The van der Waals surface area contributed by atoms with Gasteiger partial charge in [-0.15, -0.1) is 0 Å². The molecule has 0 bridgehead atoms. The van der Waals surface area contributed by atoms with Crippen LogP contribution in [0.5, 0.6) is 0 Å². The Kier molecular flexibility index (Phi) is 4.42. The molecule has 0 unspecified atom stereocenters. The molecule has 0 atom stereocenters. The number of rotatable bonds is 4. The van der Waals surface area contributed by atoms with Gasteiger partial charge in [0.05, 0.1) is 11.1 Å². The van der Waals surface area contributed by atoms with Crippen molar-refractivity contribution in [2.75, 3.05) is 11.1 Å². The third-order valence-corrected chi connectivity index (χ3v) is 4.85. The van der Waals surface area contributed by atoms with Gasteiger partial charge in [0.25, 0.3) is 12.2 Å². The van der Waals surface area contributed by atoms with Gasteiger partial charge in [-0.3, -0.25) is 9.64 Å². The molecular formula is C19H19N7O. The maximum Gasteiger partial charge on any atom is 0.295 e. The first-order chi connectivity index (χ1) is 13.2. The van der Waals surface area contributed by atoms with Crippen molar-refractivity contribution in [3.63, 3.8) is 0 Å². The number of hydrogen-bond acceptors (Lipinski definition) is 6. The number of aromatic nitrogens is 4. The number of nitrogen functional groups attached to an aromatic ring is 1. The summed E-state index contributed by atoms with van der Waals surface area (Å²) in [5, 5.41) is 4.72. The monoisotopic (exact) mass is 361 g/mol. The summed E-state index contributed by atoms with van der Waals surface area (Å²) in [7, 11) is 0. The number of nitrogens with two attached hydrogens (primary N) is 1. The molecule has 0 amide bonds. The zero-order valence-corrected chi connectivity index (χ0v) is 14.7. The third-order valence-electron chi connectivity index (χ3n) is 4.85. The summed E-state index contributed by atoms with van der Waals surface area (Å²) in [5.41, 5.74) is 6.76. The zero-order valence-electron chi connectivity index (χ0n) is 14.7. The van der Waals surface area contributed by atoms with Gasteiger partial charge in [0, 0.05) is 30.2 Å². The Labute approximate surface area is 155 Å². The minimum absolute atomic E-state index is 0.00873. The first-order valence-electron chi connectivity index (χ1n) is 8.87. The Morgan fingerprint density at radius 1 is 1.30 bits per heavy atom. The van der Waals surface area contributed by atoms with E-state index in [2.05, 4.69) is 20.1 Å². The minimum Gasteiger partial charge on any atom is -0.368 e. The summed E-state index contributed by atoms with van der Waals surface area (Å²) in [6.45, 7) is 7.04. The van der Waals surface area contributed by atoms with E-state index >= 15 is 0 Å². The molecule has 8 heteroatoms. The molecule has 1 aliphatic carbocycles. The average molecular weight is 361 g/mol. The largest absolute Gasteiger partial charge is 0.368 e. The number of nitrogens with one attached hydrogen (secondary N) is 1. The highest BCUT2D eigenvalue weighted by atomic mass is 16.1. The van der Waals surface area contributed by atoms with Crippen LogP contribution in [0.3, 0.4) is 0 Å². The number of hydrogen-bond donors (Lipinski definition) is 2. The van der Waals surface area contributed by atoms with Crippen LogP contribution in [-0.4, -0.2) is 25.6 Å². The molecule has 0 aliphatic heterocycles. The molecule has 27 heavy (non-hydrogen) atoms. The van der Waals surface area contributed by atoms with Crippen molar-refractivity contribution in [2.45, 2.75) is 38.4 Å². The van der Waals surface area contributed by atoms with Gasteiger partial charge in [-0.25, -0.2) is 26.1 Å². The second kappa shape index (κ2) is 7.03. The van der Waals surface area contributed by atoms with Crippen LogP contribution < -0.4 is 16.6 Å². The first kappa shape index (κ1) is 17.0. The molecule has 1 saturated carbocycles. The molecule has 4 rings (SSSR count). The molecule has 1 aliphatic rings. The second-order valence-corrected chi connectivity index (χ2v) is 6.67. The predicted molar refractivity (Wildman–Crippen MR) is 104 cm³/mol. The molecule has 3 N–H and O–H groups in total. The van der Waals surface area contributed by atoms with E-state index in [0.717, 1.165) is 23.8 Å². The summed E-state index contributed by atoms with van der Waals surface area (Å²) in [6, 6.07) is 3.98. The zero-order chi connectivity index (χ0) is 18.8. The number of anilines is 2. The normalized spacial score (nSPS) is 14.3. The van der Waals surface area contributed by atoms with Gasteiger partial charge in [0.15, 0.2) is 0 Å². The van der Waals surface area contributed by atoms with Gasteiger partial charge in [-0.1, -0.05) is 12.8 Å². The summed E-state index contributed by atoms with van der Waals surface area (Å²) < 4.78 is 1.41. The SMILES string of the molecule is [C-]#[N+]Cn1ccc2cc(-c3cnc(N)nc3)nc(NC3CCCC3)c2c1=O. The van der Waals surface area contributed by atoms with Gasteiger partial charge < -0.3 is 11.1 Å². The van der Waals surface area contributed by atoms with Crippen LogP contribution >= 0.6 is 0 Å². The quantitative estimate of drug-likeness (QED) is 0.693. The molecule has 0 spiro atoms. The lowest BCUT2D eigenvalue weighted by Crippen LogP contribution is -2.22. The number of nitrogens with zero attached hydrogens (tertiary/aromatic N) is 5. The maximum absolute atomic E-state index is 12.9. The molecule has 0 radical (unpaired) electrons. The average Bonchev–Trinajstić information content (AvgIpc) is 3.17. The van der Waals surface area contributed by atoms with Crippen LogP contribution in [0.15, 0.2) is 35.5 Å². The highest BCUT2D eigenvalue weighted by Crippen LogP contribution is 2.28. The van der Waals surface area contributed by atoms with E-state index in [9.17, 15) is 4.79 Å². The van der Waals surface area contributed by atoms with Gasteiger partial charge in [0.1, 0.15) is 5.82 Å². The molecule has 1 fully saturated rings. The standard InChI is InChI=1S/C19H19N7O/c1-21-11-26-7-6-12-8-15(13-9-22-19(20)23-10-13)25-17(16(12)18(26)27)24-14-4-2-3-5-14/h6-10,14H,2-5,11H2,(H,24,25)(H2,20,22,23). The van der Waals surface area contributed by atoms with Crippen molar-refractivity contribution in [3.05, 3.63) is 52.5 Å². The van der Waals surface area contributed by atoms with Gasteiger partial charge in [-0.05, 0) is 30.4 Å². The fourth-order valence-corrected chi connectivity index (χ4v) is 3.48. The van der Waals surface area contributed by atoms with Crippen molar-refractivity contribution in [2.24, 2.45) is 0 Å². The number of fused-ring (bicyclic) bond motifs is 1. The molecular weight excluding hydrogens is 342 g/mol. The Morgan fingerprint density at radius 2 is 2.04 bits per heavy atom. The summed E-state index contributed by atoms with van der Waals surface area (Å²) >= 11 is 0. The van der Waals surface area contributed by atoms with Crippen LogP contribution in [0.25, 0.3) is 26.9 Å². The van der Waals surface area contributed by atoms with Crippen molar-refractivity contribution < 1.29 is 0 Å². The van der Waals surface area contributed by atoms with E-state index in [0.29, 0.717) is 22.9 Å². The molecule has 3 aromatic rings. The lowest BCUT2D eigenvalue weighted by atomic mass is 10.1. The van der Waals surface area contributed by atoms with Crippen LogP contribution in [0.1, 0.15) is 25.7 Å². The van der Waals surface area contributed by atoms with E-state index in [1.54, 1.807) is 18.6 Å². The maximum atomic E-state index is 12.9. The van der Waals surface area contributed by atoms with Crippen LogP contribution in [0, 0.1) is 6.57 Å². The Bertz CT molecular complexity index is 1080. The highest BCUT2D eigenvalue weighted by molar-refractivity contribution is 5.93. The van der Waals surface area contributed by atoms with Gasteiger partial charge in [-0.2, -0.15) is 0 Å². The van der Waals surface area contributed by atoms with E-state index in [-0.39, 0.29) is 18.2 Å². The van der Waals surface area contributed by atoms with Crippen molar-refractivity contribution in [3.8, 4) is 11.3 Å². The summed E-state index contributed by atoms with van der Waals surface area (Å²) in [5.74, 6) is 0.751. The molecule has 8 nitrogen and oxygen atoms in total. The van der Waals surface area contributed by atoms with Crippen LogP contribution in [-0.2, 0) is 6.67 Å². The van der Waals surface area contributed by atoms with E-state index < -0.39 is 0 Å². The molecule has 3 aromatic heterocycles.